The van der Waals surface area contributed by atoms with Gasteiger partial charge in [0.2, 0.25) is 0 Å². The maximum Gasteiger partial charge on any atom is 0.340 e. The van der Waals surface area contributed by atoms with Gasteiger partial charge in [0.25, 0.3) is 0 Å². The summed E-state index contributed by atoms with van der Waals surface area (Å²) in [7, 11) is 1.34. The highest BCUT2D eigenvalue weighted by molar-refractivity contribution is 5.88. The smallest absolute Gasteiger partial charge is 0.340 e. The highest BCUT2D eigenvalue weighted by atomic mass is 16.6. The number of para-hydroxylation sites is 1. The number of hydrogen-bond acceptors (Lipinski definition) is 5. The molecule has 6 nitrogen and oxygen atoms in total. The van der Waals surface area contributed by atoms with Crippen LogP contribution in [0.15, 0.2) is 36.4 Å². The molecule has 5 aliphatic rings. The lowest BCUT2D eigenvalue weighted by Crippen LogP contribution is -2.74. The molecule has 3 fully saturated rings. The summed E-state index contributed by atoms with van der Waals surface area (Å²) in [5.74, 6) is -0.612. The van der Waals surface area contributed by atoms with E-state index in [2.05, 4.69) is 24.4 Å². The van der Waals surface area contributed by atoms with E-state index in [-0.39, 0.29) is 23.0 Å². The summed E-state index contributed by atoms with van der Waals surface area (Å²) in [4.78, 5) is 13.0. The van der Waals surface area contributed by atoms with E-state index >= 15 is 0 Å². The van der Waals surface area contributed by atoms with Crippen LogP contribution in [0.2, 0.25) is 0 Å². The van der Waals surface area contributed by atoms with Gasteiger partial charge in [0, 0.05) is 18.5 Å². The molecule has 0 amide bonds. The number of esters is 1. The topological polar surface area (TPSA) is 78.8 Å². The Hall–Kier alpha value is -1.89. The van der Waals surface area contributed by atoms with Crippen molar-refractivity contribution in [2.45, 2.75) is 42.4 Å². The van der Waals surface area contributed by atoms with Gasteiger partial charge in [-0.1, -0.05) is 31.2 Å². The molecule has 6 rings (SSSR count). The first-order chi connectivity index (χ1) is 12.8. The number of aliphatic hydroxyl groups is 1. The molecule has 2 bridgehead atoms. The first-order valence-electron chi connectivity index (χ1n) is 9.78. The van der Waals surface area contributed by atoms with Crippen molar-refractivity contribution in [1.29, 1.82) is 0 Å². The van der Waals surface area contributed by atoms with Crippen LogP contribution in [-0.4, -0.2) is 58.3 Å². The zero-order valence-corrected chi connectivity index (χ0v) is 15.6. The van der Waals surface area contributed by atoms with Crippen molar-refractivity contribution in [3.8, 4) is 0 Å². The van der Waals surface area contributed by atoms with E-state index < -0.39 is 27.9 Å². The number of hydroxylamine groups is 3. The molecule has 2 aliphatic carbocycles. The molecule has 7 atom stereocenters. The summed E-state index contributed by atoms with van der Waals surface area (Å²) < 4.78 is 5.12. The molecule has 1 saturated heterocycles. The zero-order chi connectivity index (χ0) is 18.9. The van der Waals surface area contributed by atoms with Gasteiger partial charge in [0.1, 0.15) is 19.1 Å². The molecule has 27 heavy (non-hydrogen) atoms. The predicted molar refractivity (Wildman–Crippen MR) is 97.0 cm³/mol. The van der Waals surface area contributed by atoms with Gasteiger partial charge in [-0.2, -0.15) is 4.65 Å². The number of benzene rings is 1. The van der Waals surface area contributed by atoms with Gasteiger partial charge in [0.05, 0.1) is 23.5 Å². The van der Waals surface area contributed by atoms with Crippen LogP contribution in [0.5, 0.6) is 0 Å². The Kier molecular flexibility index (Phi) is 2.53. The second-order valence-corrected chi connectivity index (χ2v) is 9.26. The van der Waals surface area contributed by atoms with Crippen molar-refractivity contribution in [3.05, 3.63) is 42.0 Å². The molecule has 3 aliphatic heterocycles. The number of nitrogens with one attached hydrogen (secondary N) is 1. The molecule has 1 unspecified atom stereocenters. The average Bonchev–Trinajstić information content (AvgIpc) is 3.26. The summed E-state index contributed by atoms with van der Waals surface area (Å²) in [6.45, 7) is 3.33. The van der Waals surface area contributed by atoms with Crippen molar-refractivity contribution in [2.24, 2.45) is 11.3 Å². The van der Waals surface area contributed by atoms with Gasteiger partial charge < -0.3 is 15.2 Å². The van der Waals surface area contributed by atoms with Gasteiger partial charge in [-0.3, -0.25) is 0 Å². The van der Waals surface area contributed by atoms with Crippen molar-refractivity contribution >= 4 is 11.7 Å². The Labute approximate surface area is 158 Å². The van der Waals surface area contributed by atoms with E-state index in [0.29, 0.717) is 13.1 Å². The van der Waals surface area contributed by atoms with Crippen LogP contribution >= 0.6 is 0 Å². The molecular formula is C21H25N2O4+. The van der Waals surface area contributed by atoms with E-state index in [9.17, 15) is 15.1 Å². The van der Waals surface area contributed by atoms with Crippen LogP contribution < -0.4 is 5.32 Å². The van der Waals surface area contributed by atoms with Crippen LogP contribution in [0.25, 0.3) is 0 Å². The minimum atomic E-state index is -1.65. The van der Waals surface area contributed by atoms with E-state index in [1.807, 2.05) is 24.3 Å². The summed E-state index contributed by atoms with van der Waals surface area (Å²) in [6, 6.07) is 8.03. The summed E-state index contributed by atoms with van der Waals surface area (Å²) in [5, 5.41) is 27.2. The van der Waals surface area contributed by atoms with Crippen LogP contribution in [0, 0.1) is 11.3 Å². The average molecular weight is 369 g/mol. The number of fused-ring (bicyclic) bond motifs is 1. The summed E-state index contributed by atoms with van der Waals surface area (Å²) >= 11 is 0. The lowest BCUT2D eigenvalue weighted by Gasteiger charge is -2.53. The van der Waals surface area contributed by atoms with Crippen LogP contribution in [-0.2, 0) is 14.9 Å². The second kappa shape index (κ2) is 4.24. The Bertz CT molecular complexity index is 933. The number of anilines is 1. The fourth-order valence-corrected chi connectivity index (χ4v) is 8.31. The molecule has 1 aromatic rings. The maximum absolute atomic E-state index is 13.0. The first-order valence-corrected chi connectivity index (χ1v) is 9.78. The lowest BCUT2D eigenvalue weighted by atomic mass is 9.55. The number of carbonyl (C=O) groups is 1. The predicted octanol–water partition coefficient (Wildman–Crippen LogP) is 1.58. The molecule has 3 N–H and O–H groups in total. The van der Waals surface area contributed by atoms with Crippen LogP contribution in [0.3, 0.4) is 0 Å². The fourth-order valence-electron chi connectivity index (χ4n) is 8.31. The fraction of sp³-hybridized carbons (Fsp3) is 0.571. The van der Waals surface area contributed by atoms with Crippen molar-refractivity contribution in [2.75, 3.05) is 25.5 Å². The molecule has 6 heteroatoms. The number of nitrogens with zero attached hydrogens (tertiary/aromatic N) is 1. The molecule has 3 heterocycles. The van der Waals surface area contributed by atoms with Crippen LogP contribution in [0.1, 0.15) is 25.3 Å². The van der Waals surface area contributed by atoms with E-state index in [0.717, 1.165) is 17.7 Å². The first kappa shape index (κ1) is 16.1. The third kappa shape index (κ3) is 1.25. The van der Waals surface area contributed by atoms with E-state index in [1.165, 1.54) is 7.11 Å². The molecule has 142 valence electrons. The third-order valence-corrected chi connectivity index (χ3v) is 8.84. The SMILES string of the molecule is COC(=O)[C@@]1(O)C[C@@]23C=CC[N+]4(O)CC[C@@]5(c6ccccc6N[C@]15[C@H]2C)[C@H]34. The molecule has 0 radical (unpaired) electrons. The minimum Gasteiger partial charge on any atom is -0.467 e. The third-order valence-electron chi connectivity index (χ3n) is 8.84. The van der Waals surface area contributed by atoms with Gasteiger partial charge in [-0.05, 0) is 23.6 Å². The lowest BCUT2D eigenvalue weighted by molar-refractivity contribution is -1.11. The van der Waals surface area contributed by atoms with Gasteiger partial charge in [-0.25, -0.2) is 10.0 Å². The molecule has 0 aromatic heterocycles. The number of hydrogen-bond donors (Lipinski definition) is 3. The normalized spacial score (nSPS) is 52.9. The highest BCUT2D eigenvalue weighted by Gasteiger charge is 2.94. The number of ether oxygens (including phenoxy) is 1. The number of carbonyl (C=O) groups excluding carboxylic acids is 1. The second-order valence-electron chi connectivity index (χ2n) is 9.26. The maximum atomic E-state index is 13.0. The minimum absolute atomic E-state index is 0.00411. The van der Waals surface area contributed by atoms with Crippen molar-refractivity contribution < 1.29 is 24.5 Å². The number of rotatable bonds is 1. The summed E-state index contributed by atoms with van der Waals surface area (Å²) in [5.41, 5.74) is -1.41. The molecule has 2 saturated carbocycles. The van der Waals surface area contributed by atoms with E-state index in [4.69, 9.17) is 4.74 Å². The zero-order valence-electron chi connectivity index (χ0n) is 15.6. The van der Waals surface area contributed by atoms with E-state index in [1.54, 1.807) is 0 Å². The summed E-state index contributed by atoms with van der Waals surface area (Å²) in [6.07, 6.45) is 5.21. The van der Waals surface area contributed by atoms with Gasteiger partial charge in [0.15, 0.2) is 5.60 Å². The standard InChI is InChI=1S/C21H25N2O4/c1-13-18-8-5-10-23(26)11-9-19(16(18)23)14-6-3-4-7-15(14)22-21(13,19)20(25,12-18)17(24)27-2/h3-8,13,16,22,25-26H,9-12H2,1-2H3/q+1/t13-,16-,18-,19+,20-,21-,23?/m0/s1. The van der Waals surface area contributed by atoms with Crippen LogP contribution in [0.4, 0.5) is 5.69 Å². The van der Waals surface area contributed by atoms with Crippen molar-refractivity contribution in [1.82, 2.24) is 0 Å². The van der Waals surface area contributed by atoms with Crippen molar-refractivity contribution in [3.63, 3.8) is 0 Å². The molecular weight excluding hydrogens is 344 g/mol. The van der Waals surface area contributed by atoms with Gasteiger partial charge in [-0.15, -0.1) is 0 Å². The number of quaternary nitrogens is 1. The highest BCUT2D eigenvalue weighted by Crippen LogP contribution is 2.80. The Balaban J connectivity index is 1.74. The monoisotopic (exact) mass is 369 g/mol. The number of methoxy groups -OCH3 is 1. The Morgan fingerprint density at radius 3 is 2.93 bits per heavy atom. The largest absolute Gasteiger partial charge is 0.467 e. The Morgan fingerprint density at radius 1 is 1.37 bits per heavy atom. The van der Waals surface area contributed by atoms with Gasteiger partial charge >= 0.3 is 5.97 Å². The molecule has 1 aromatic carbocycles. The molecule has 3 spiro atoms. The Morgan fingerprint density at radius 2 is 2.15 bits per heavy atom. The quantitative estimate of drug-likeness (QED) is 0.398.